The van der Waals surface area contributed by atoms with Gasteiger partial charge in [-0.15, -0.1) is 0 Å². The monoisotopic (exact) mass is 179 g/mol. The summed E-state index contributed by atoms with van der Waals surface area (Å²) in [5.41, 5.74) is 13.0. The molecule has 4 heteroatoms. The standard InChI is InChI=1S/C9H13N3O/c1-6-3-4-7(10)8(5-6)12(2)9(11)13/h3-5H,10H2,1-2H3,(H2,11,13). The second kappa shape index (κ2) is 3.35. The van der Waals surface area contributed by atoms with Gasteiger partial charge in [-0.05, 0) is 24.6 Å². The van der Waals surface area contributed by atoms with Crippen molar-refractivity contribution in [1.29, 1.82) is 0 Å². The maximum Gasteiger partial charge on any atom is 0.319 e. The summed E-state index contributed by atoms with van der Waals surface area (Å²) in [5.74, 6) is 0. The first-order chi connectivity index (χ1) is 6.02. The number of hydrogen-bond acceptors (Lipinski definition) is 2. The van der Waals surface area contributed by atoms with Crippen molar-refractivity contribution in [3.8, 4) is 0 Å². The Labute approximate surface area is 77.1 Å². The van der Waals surface area contributed by atoms with Gasteiger partial charge in [-0.1, -0.05) is 6.07 Å². The maximum absolute atomic E-state index is 10.9. The predicted octanol–water partition coefficient (Wildman–Crippen LogP) is 1.09. The number of urea groups is 1. The van der Waals surface area contributed by atoms with Gasteiger partial charge in [0.1, 0.15) is 0 Å². The number of rotatable bonds is 1. The Morgan fingerprint density at radius 2 is 2.08 bits per heavy atom. The smallest absolute Gasteiger partial charge is 0.319 e. The van der Waals surface area contributed by atoms with Gasteiger partial charge in [0.25, 0.3) is 0 Å². The highest BCUT2D eigenvalue weighted by atomic mass is 16.2. The van der Waals surface area contributed by atoms with Crippen molar-refractivity contribution in [2.45, 2.75) is 6.92 Å². The summed E-state index contributed by atoms with van der Waals surface area (Å²) in [5, 5.41) is 0. The van der Waals surface area contributed by atoms with E-state index in [1.807, 2.05) is 19.1 Å². The van der Waals surface area contributed by atoms with E-state index in [0.29, 0.717) is 11.4 Å². The van der Waals surface area contributed by atoms with Gasteiger partial charge in [-0.2, -0.15) is 0 Å². The molecule has 0 unspecified atom stereocenters. The quantitative estimate of drug-likeness (QED) is 0.633. The van der Waals surface area contributed by atoms with Crippen LogP contribution >= 0.6 is 0 Å². The van der Waals surface area contributed by atoms with Crippen LogP contribution in [0.1, 0.15) is 5.56 Å². The second-order valence-electron chi connectivity index (χ2n) is 2.96. The number of nitrogens with zero attached hydrogens (tertiary/aromatic N) is 1. The molecule has 0 atom stereocenters. The first kappa shape index (κ1) is 9.38. The zero-order chi connectivity index (χ0) is 10.0. The van der Waals surface area contributed by atoms with E-state index in [4.69, 9.17) is 11.5 Å². The van der Waals surface area contributed by atoms with Crippen LogP contribution in [0, 0.1) is 6.92 Å². The van der Waals surface area contributed by atoms with Gasteiger partial charge in [-0.3, -0.25) is 4.90 Å². The lowest BCUT2D eigenvalue weighted by Gasteiger charge is -2.16. The molecule has 1 rings (SSSR count). The van der Waals surface area contributed by atoms with E-state index >= 15 is 0 Å². The number of aryl methyl sites for hydroxylation is 1. The van der Waals surface area contributed by atoms with Crippen LogP contribution in [0.5, 0.6) is 0 Å². The molecule has 0 saturated heterocycles. The number of amides is 2. The van der Waals surface area contributed by atoms with Crippen LogP contribution in [0.25, 0.3) is 0 Å². The van der Waals surface area contributed by atoms with E-state index in [1.54, 1.807) is 13.1 Å². The van der Waals surface area contributed by atoms with Crippen molar-refractivity contribution in [1.82, 2.24) is 0 Å². The van der Waals surface area contributed by atoms with E-state index in [-0.39, 0.29) is 0 Å². The molecule has 4 nitrogen and oxygen atoms in total. The third kappa shape index (κ3) is 1.90. The molecular formula is C9H13N3O. The molecule has 0 aliphatic carbocycles. The Bertz CT molecular complexity index is 336. The molecule has 0 heterocycles. The van der Waals surface area contributed by atoms with Crippen molar-refractivity contribution in [3.63, 3.8) is 0 Å². The molecule has 0 saturated carbocycles. The molecule has 4 N–H and O–H groups in total. The first-order valence-electron chi connectivity index (χ1n) is 3.91. The lowest BCUT2D eigenvalue weighted by atomic mass is 10.2. The average Bonchev–Trinajstić information content (AvgIpc) is 2.08. The number of carbonyl (C=O) groups is 1. The molecule has 0 spiro atoms. The minimum absolute atomic E-state index is 0.516. The summed E-state index contributed by atoms with van der Waals surface area (Å²) in [7, 11) is 1.59. The number of benzene rings is 1. The highest BCUT2D eigenvalue weighted by Gasteiger charge is 2.09. The van der Waals surface area contributed by atoms with Crippen LogP contribution in [0.4, 0.5) is 16.2 Å². The molecule has 0 fully saturated rings. The van der Waals surface area contributed by atoms with E-state index in [0.717, 1.165) is 5.56 Å². The summed E-state index contributed by atoms with van der Waals surface area (Å²) < 4.78 is 0. The van der Waals surface area contributed by atoms with Crippen molar-refractivity contribution >= 4 is 17.4 Å². The summed E-state index contributed by atoms with van der Waals surface area (Å²) in [6.07, 6.45) is 0. The zero-order valence-electron chi connectivity index (χ0n) is 7.74. The molecule has 1 aromatic carbocycles. The van der Waals surface area contributed by atoms with E-state index in [1.165, 1.54) is 4.90 Å². The fraction of sp³-hybridized carbons (Fsp3) is 0.222. The van der Waals surface area contributed by atoms with Gasteiger partial charge in [-0.25, -0.2) is 4.79 Å². The zero-order valence-corrected chi connectivity index (χ0v) is 7.74. The van der Waals surface area contributed by atoms with Crippen molar-refractivity contribution in [2.75, 3.05) is 17.7 Å². The molecule has 70 valence electrons. The molecule has 0 aromatic heterocycles. The normalized spacial score (nSPS) is 9.69. The number of nitrogens with two attached hydrogens (primary N) is 2. The van der Waals surface area contributed by atoms with Crippen LogP contribution < -0.4 is 16.4 Å². The van der Waals surface area contributed by atoms with Gasteiger partial charge >= 0.3 is 6.03 Å². The largest absolute Gasteiger partial charge is 0.397 e. The minimum Gasteiger partial charge on any atom is -0.397 e. The average molecular weight is 179 g/mol. The molecule has 0 aliphatic rings. The third-order valence-electron chi connectivity index (χ3n) is 1.88. The summed E-state index contributed by atoms with van der Waals surface area (Å²) >= 11 is 0. The minimum atomic E-state index is -0.516. The molecule has 0 aliphatic heterocycles. The van der Waals surface area contributed by atoms with Crippen LogP contribution in [-0.2, 0) is 0 Å². The fourth-order valence-electron chi connectivity index (χ4n) is 1.06. The molecule has 2 amide bonds. The van der Waals surface area contributed by atoms with Crippen LogP contribution in [0.15, 0.2) is 18.2 Å². The van der Waals surface area contributed by atoms with Crippen molar-refractivity contribution in [2.24, 2.45) is 5.73 Å². The first-order valence-corrected chi connectivity index (χ1v) is 3.91. The number of primary amides is 1. The fourth-order valence-corrected chi connectivity index (χ4v) is 1.06. The molecule has 0 bridgehead atoms. The lowest BCUT2D eigenvalue weighted by Crippen LogP contribution is -2.32. The highest BCUT2D eigenvalue weighted by molar-refractivity contribution is 5.93. The number of hydrogen-bond donors (Lipinski definition) is 2. The SMILES string of the molecule is Cc1ccc(N)c(N(C)C(N)=O)c1. The van der Waals surface area contributed by atoms with Crippen LogP contribution in [0.2, 0.25) is 0 Å². The van der Waals surface area contributed by atoms with Gasteiger partial charge in [0, 0.05) is 7.05 Å². The Morgan fingerprint density at radius 3 is 2.62 bits per heavy atom. The van der Waals surface area contributed by atoms with Gasteiger partial charge < -0.3 is 11.5 Å². The van der Waals surface area contributed by atoms with Crippen LogP contribution in [0.3, 0.4) is 0 Å². The van der Waals surface area contributed by atoms with Crippen molar-refractivity contribution in [3.05, 3.63) is 23.8 Å². The Hall–Kier alpha value is -1.71. The van der Waals surface area contributed by atoms with Gasteiger partial charge in [0.2, 0.25) is 0 Å². The molecule has 1 aromatic rings. The number of carbonyl (C=O) groups excluding carboxylic acids is 1. The lowest BCUT2D eigenvalue weighted by molar-refractivity contribution is 0.255. The van der Waals surface area contributed by atoms with Crippen molar-refractivity contribution < 1.29 is 4.79 Å². The summed E-state index contributed by atoms with van der Waals surface area (Å²) in [4.78, 5) is 12.2. The second-order valence-corrected chi connectivity index (χ2v) is 2.96. The predicted molar refractivity (Wildman–Crippen MR) is 53.6 cm³/mol. The number of anilines is 2. The number of nitrogen functional groups attached to an aromatic ring is 1. The third-order valence-corrected chi connectivity index (χ3v) is 1.88. The van der Waals surface area contributed by atoms with Crippen LogP contribution in [-0.4, -0.2) is 13.1 Å². The maximum atomic E-state index is 10.9. The Kier molecular flexibility index (Phi) is 2.41. The highest BCUT2D eigenvalue weighted by Crippen LogP contribution is 2.22. The van der Waals surface area contributed by atoms with E-state index in [9.17, 15) is 4.79 Å². The Balaban J connectivity index is 3.12. The molecule has 13 heavy (non-hydrogen) atoms. The van der Waals surface area contributed by atoms with E-state index in [2.05, 4.69) is 0 Å². The van der Waals surface area contributed by atoms with E-state index < -0.39 is 6.03 Å². The van der Waals surface area contributed by atoms with Gasteiger partial charge in [0.15, 0.2) is 0 Å². The summed E-state index contributed by atoms with van der Waals surface area (Å²) in [6.45, 7) is 1.93. The Morgan fingerprint density at radius 1 is 1.46 bits per heavy atom. The molecule has 0 radical (unpaired) electrons. The van der Waals surface area contributed by atoms with Gasteiger partial charge in [0.05, 0.1) is 11.4 Å². The topological polar surface area (TPSA) is 72.3 Å². The molecular weight excluding hydrogens is 166 g/mol. The summed E-state index contributed by atoms with van der Waals surface area (Å²) in [6, 6.07) is 4.94.